The summed E-state index contributed by atoms with van der Waals surface area (Å²) >= 11 is 3.40. The Morgan fingerprint density at radius 1 is 1.26 bits per heavy atom. The third-order valence-electron chi connectivity index (χ3n) is 4.28. The maximum Gasteiger partial charge on any atom is 0.314 e. The topological polar surface area (TPSA) is 57.5 Å². The van der Waals surface area contributed by atoms with Gasteiger partial charge in [-0.25, -0.2) is 0 Å². The van der Waals surface area contributed by atoms with E-state index in [1.807, 2.05) is 13.0 Å². The molecule has 0 radical (unpaired) electrons. The second-order valence-electron chi connectivity index (χ2n) is 5.47. The van der Waals surface area contributed by atoms with Gasteiger partial charge in [0.1, 0.15) is 5.75 Å². The van der Waals surface area contributed by atoms with E-state index >= 15 is 0 Å². The van der Waals surface area contributed by atoms with Gasteiger partial charge in [0.2, 0.25) is 0 Å². The number of rotatable bonds is 2. The zero-order valence-corrected chi connectivity index (χ0v) is 12.9. The van der Waals surface area contributed by atoms with Crippen molar-refractivity contribution in [2.45, 2.75) is 51.4 Å². The van der Waals surface area contributed by atoms with E-state index in [2.05, 4.69) is 15.9 Å². The van der Waals surface area contributed by atoms with Crippen molar-refractivity contribution in [2.75, 3.05) is 0 Å². The number of benzene rings is 1. The van der Waals surface area contributed by atoms with E-state index in [1.54, 1.807) is 6.92 Å². The first-order valence-electron chi connectivity index (χ1n) is 6.62. The Balaban J connectivity index is 2.67. The van der Waals surface area contributed by atoms with Gasteiger partial charge in [-0.3, -0.25) is 4.79 Å². The van der Waals surface area contributed by atoms with Crippen molar-refractivity contribution in [1.82, 2.24) is 0 Å². The van der Waals surface area contributed by atoms with Crippen LogP contribution in [-0.2, 0) is 10.2 Å². The number of phenolic OH excluding ortho intramolecular Hbond substituents is 1. The predicted molar refractivity (Wildman–Crippen MR) is 77.7 cm³/mol. The molecule has 104 valence electrons. The highest BCUT2D eigenvalue weighted by molar-refractivity contribution is 9.10. The maximum absolute atomic E-state index is 11.9. The normalized spacial score (nSPS) is 18.3. The molecule has 1 aromatic carbocycles. The third-order valence-corrected chi connectivity index (χ3v) is 5.11. The molecule has 19 heavy (non-hydrogen) atoms. The molecule has 1 fully saturated rings. The minimum Gasteiger partial charge on any atom is -0.507 e. The molecule has 0 aliphatic heterocycles. The molecule has 0 spiro atoms. The van der Waals surface area contributed by atoms with Crippen LogP contribution >= 0.6 is 15.9 Å². The van der Waals surface area contributed by atoms with Gasteiger partial charge in [0.05, 0.1) is 5.41 Å². The van der Waals surface area contributed by atoms with Crippen LogP contribution in [0.3, 0.4) is 0 Å². The molecule has 0 atom stereocenters. The number of aromatic hydroxyl groups is 1. The van der Waals surface area contributed by atoms with E-state index in [1.165, 1.54) is 0 Å². The monoisotopic (exact) mass is 326 g/mol. The van der Waals surface area contributed by atoms with Gasteiger partial charge in [-0.1, -0.05) is 35.2 Å². The average Bonchev–Trinajstić information content (AvgIpc) is 2.37. The van der Waals surface area contributed by atoms with E-state index in [9.17, 15) is 15.0 Å². The van der Waals surface area contributed by atoms with Gasteiger partial charge in [0.25, 0.3) is 0 Å². The molecule has 0 saturated heterocycles. The van der Waals surface area contributed by atoms with E-state index in [0.717, 1.165) is 29.3 Å². The lowest BCUT2D eigenvalue weighted by atomic mass is 9.67. The summed E-state index contributed by atoms with van der Waals surface area (Å²) in [5.41, 5.74) is 1.25. The molecule has 1 saturated carbocycles. The SMILES string of the molecule is Cc1cc(Br)c(C)c(O)c1C1(C(=O)O)CCCCC1. The smallest absolute Gasteiger partial charge is 0.314 e. The first kappa shape index (κ1) is 14.4. The van der Waals surface area contributed by atoms with Crippen molar-refractivity contribution in [3.8, 4) is 5.75 Å². The lowest BCUT2D eigenvalue weighted by Crippen LogP contribution is -2.38. The van der Waals surface area contributed by atoms with Gasteiger partial charge in [-0.15, -0.1) is 0 Å². The average molecular weight is 327 g/mol. The molecule has 1 aliphatic carbocycles. The fraction of sp³-hybridized carbons (Fsp3) is 0.533. The molecule has 0 bridgehead atoms. The summed E-state index contributed by atoms with van der Waals surface area (Å²) in [5, 5.41) is 20.2. The summed E-state index contributed by atoms with van der Waals surface area (Å²) in [6.45, 7) is 3.68. The number of phenols is 1. The van der Waals surface area contributed by atoms with Crippen LogP contribution < -0.4 is 0 Å². The molecule has 0 amide bonds. The molecular formula is C15H19BrO3. The molecule has 2 rings (SSSR count). The zero-order chi connectivity index (χ0) is 14.2. The lowest BCUT2D eigenvalue weighted by molar-refractivity contribution is -0.145. The second-order valence-corrected chi connectivity index (χ2v) is 6.33. The van der Waals surface area contributed by atoms with Crippen molar-refractivity contribution in [3.63, 3.8) is 0 Å². The quantitative estimate of drug-likeness (QED) is 0.861. The Labute approximate surface area is 121 Å². The Bertz CT molecular complexity index is 517. The third kappa shape index (κ3) is 2.27. The van der Waals surface area contributed by atoms with Gasteiger partial charge >= 0.3 is 5.97 Å². The summed E-state index contributed by atoms with van der Waals surface area (Å²) in [5.74, 6) is -0.677. The Morgan fingerprint density at radius 2 is 1.84 bits per heavy atom. The van der Waals surface area contributed by atoms with Gasteiger partial charge in [-0.05, 0) is 38.3 Å². The number of carboxylic acids is 1. The fourth-order valence-electron chi connectivity index (χ4n) is 3.19. The van der Waals surface area contributed by atoms with Crippen LogP contribution in [0.2, 0.25) is 0 Å². The second kappa shape index (κ2) is 5.16. The molecule has 0 unspecified atom stereocenters. The van der Waals surface area contributed by atoms with E-state index < -0.39 is 11.4 Å². The molecule has 4 heteroatoms. The predicted octanol–water partition coefficient (Wildman–Crippen LogP) is 4.06. The summed E-state index contributed by atoms with van der Waals surface area (Å²) in [7, 11) is 0. The Kier molecular flexibility index (Phi) is 3.90. The van der Waals surface area contributed by atoms with E-state index in [0.29, 0.717) is 24.0 Å². The van der Waals surface area contributed by atoms with Crippen molar-refractivity contribution in [1.29, 1.82) is 0 Å². The Hall–Kier alpha value is -1.03. The maximum atomic E-state index is 11.9. The summed E-state index contributed by atoms with van der Waals surface area (Å²) in [4.78, 5) is 11.9. The molecule has 1 aliphatic rings. The van der Waals surface area contributed by atoms with Gasteiger partial charge in [0.15, 0.2) is 0 Å². The summed E-state index contributed by atoms with van der Waals surface area (Å²) in [6.07, 6.45) is 4.10. The molecule has 1 aromatic rings. The minimum atomic E-state index is -0.919. The lowest BCUT2D eigenvalue weighted by Gasteiger charge is -2.35. The van der Waals surface area contributed by atoms with Crippen molar-refractivity contribution < 1.29 is 15.0 Å². The number of carbonyl (C=O) groups is 1. The number of halogens is 1. The van der Waals surface area contributed by atoms with Gasteiger partial charge in [0, 0.05) is 15.6 Å². The van der Waals surface area contributed by atoms with E-state index in [-0.39, 0.29) is 5.75 Å². The highest BCUT2D eigenvalue weighted by Gasteiger charge is 2.44. The molecule has 2 N–H and O–H groups in total. The molecule has 0 heterocycles. The van der Waals surface area contributed by atoms with Crippen molar-refractivity contribution >= 4 is 21.9 Å². The highest BCUT2D eigenvalue weighted by atomic mass is 79.9. The molecule has 3 nitrogen and oxygen atoms in total. The molecule has 0 aromatic heterocycles. The number of hydrogen-bond acceptors (Lipinski definition) is 2. The fourth-order valence-corrected chi connectivity index (χ4v) is 3.72. The number of carboxylic acid groups (broad SMARTS) is 1. The first-order valence-corrected chi connectivity index (χ1v) is 7.42. The van der Waals surface area contributed by atoms with Crippen molar-refractivity contribution in [3.05, 3.63) is 27.2 Å². The highest BCUT2D eigenvalue weighted by Crippen LogP contribution is 2.47. The van der Waals surface area contributed by atoms with Crippen molar-refractivity contribution in [2.24, 2.45) is 0 Å². The van der Waals surface area contributed by atoms with Crippen LogP contribution in [0.5, 0.6) is 5.75 Å². The van der Waals surface area contributed by atoms with Crippen LogP contribution in [0.25, 0.3) is 0 Å². The van der Waals surface area contributed by atoms with Crippen LogP contribution in [-0.4, -0.2) is 16.2 Å². The van der Waals surface area contributed by atoms with Gasteiger partial charge in [-0.2, -0.15) is 0 Å². The number of aliphatic carboxylic acids is 1. The standard InChI is InChI=1S/C15H19BrO3/c1-9-8-11(16)10(2)13(17)12(9)15(14(18)19)6-4-3-5-7-15/h8,17H,3-7H2,1-2H3,(H,18,19). The number of aryl methyl sites for hydroxylation is 1. The van der Waals surface area contributed by atoms with Crippen LogP contribution in [0.1, 0.15) is 48.8 Å². The minimum absolute atomic E-state index is 0.135. The van der Waals surface area contributed by atoms with Gasteiger partial charge < -0.3 is 10.2 Å². The summed E-state index contributed by atoms with van der Waals surface area (Å²) < 4.78 is 0.822. The van der Waals surface area contributed by atoms with Crippen LogP contribution in [0, 0.1) is 13.8 Å². The Morgan fingerprint density at radius 3 is 2.37 bits per heavy atom. The molecular weight excluding hydrogens is 308 g/mol. The zero-order valence-electron chi connectivity index (χ0n) is 11.3. The van der Waals surface area contributed by atoms with Crippen LogP contribution in [0.15, 0.2) is 10.5 Å². The van der Waals surface area contributed by atoms with Crippen LogP contribution in [0.4, 0.5) is 0 Å². The first-order chi connectivity index (χ1) is 8.90. The van der Waals surface area contributed by atoms with E-state index in [4.69, 9.17) is 0 Å². The largest absolute Gasteiger partial charge is 0.507 e. The number of hydrogen-bond donors (Lipinski definition) is 2. The summed E-state index contributed by atoms with van der Waals surface area (Å²) in [6, 6.07) is 1.91.